The third-order valence-electron chi connectivity index (χ3n) is 11.6. The highest BCUT2D eigenvalue weighted by atomic mass is 35.5. The predicted octanol–water partition coefficient (Wildman–Crippen LogP) is 14.1. The van der Waals surface area contributed by atoms with Crippen LogP contribution in [0.3, 0.4) is 0 Å². The lowest BCUT2D eigenvalue weighted by Crippen LogP contribution is -2.00. The number of hydrogen-bond acceptors (Lipinski definition) is 5. The van der Waals surface area contributed by atoms with Gasteiger partial charge in [-0.25, -0.2) is 15.0 Å². The molecule has 7 heteroatoms. The maximum atomic E-state index is 6.84. The number of aromatic nitrogens is 4. The first-order valence-corrected chi connectivity index (χ1v) is 19.6. The normalized spacial score (nSPS) is 12.2. The first-order chi connectivity index (χ1) is 28.6. The van der Waals surface area contributed by atoms with E-state index in [1.807, 2.05) is 78.9 Å². The first kappa shape index (κ1) is 31.6. The molecule has 270 valence electrons. The first-order valence-electron chi connectivity index (χ1n) is 19.2. The predicted molar refractivity (Wildman–Crippen MR) is 236 cm³/mol. The lowest BCUT2D eigenvalue weighted by Gasteiger charge is -2.09. The van der Waals surface area contributed by atoms with E-state index in [2.05, 4.69) is 89.3 Å². The fraction of sp³-hybridized carbons (Fsp3) is 0. The summed E-state index contributed by atoms with van der Waals surface area (Å²) >= 11 is 6.36. The van der Waals surface area contributed by atoms with Crippen molar-refractivity contribution in [2.24, 2.45) is 0 Å². The van der Waals surface area contributed by atoms with Crippen molar-refractivity contribution in [1.29, 1.82) is 0 Å². The van der Waals surface area contributed by atoms with Gasteiger partial charge in [-0.2, -0.15) is 0 Å². The van der Waals surface area contributed by atoms with E-state index < -0.39 is 0 Å². The van der Waals surface area contributed by atoms with E-state index in [1.165, 1.54) is 38.1 Å². The Bertz CT molecular complexity index is 3740. The highest BCUT2D eigenvalue weighted by Crippen LogP contribution is 2.43. The molecule has 0 saturated carbocycles. The summed E-state index contributed by atoms with van der Waals surface area (Å²) in [5, 5.41) is 9.55. The van der Waals surface area contributed by atoms with E-state index in [9.17, 15) is 0 Å². The van der Waals surface area contributed by atoms with Crippen molar-refractivity contribution in [3.8, 4) is 45.3 Å². The van der Waals surface area contributed by atoms with Gasteiger partial charge in [0.25, 0.3) is 0 Å². The summed E-state index contributed by atoms with van der Waals surface area (Å²) in [5.74, 6) is 1.56. The summed E-state index contributed by atoms with van der Waals surface area (Å²) < 4.78 is 15.7. The van der Waals surface area contributed by atoms with Crippen LogP contribution < -0.4 is 0 Å². The van der Waals surface area contributed by atoms with Crippen LogP contribution in [0.2, 0.25) is 5.02 Å². The molecule has 58 heavy (non-hydrogen) atoms. The van der Waals surface area contributed by atoms with Crippen molar-refractivity contribution in [1.82, 2.24) is 19.4 Å². The molecule has 0 aliphatic carbocycles. The smallest absolute Gasteiger partial charge is 0.167 e. The zero-order valence-corrected chi connectivity index (χ0v) is 31.3. The third-order valence-corrected chi connectivity index (χ3v) is 11.9. The molecular weight excluding hydrogens is 736 g/mol. The van der Waals surface area contributed by atoms with Crippen molar-refractivity contribution in [3.05, 3.63) is 169 Å². The number of benzene rings is 8. The van der Waals surface area contributed by atoms with Crippen LogP contribution in [0.1, 0.15) is 0 Å². The van der Waals surface area contributed by atoms with Crippen LogP contribution >= 0.6 is 11.6 Å². The highest BCUT2D eigenvalue weighted by molar-refractivity contribution is 6.31. The van der Waals surface area contributed by atoms with Gasteiger partial charge in [0, 0.05) is 59.7 Å². The van der Waals surface area contributed by atoms with Gasteiger partial charge in [-0.1, -0.05) is 109 Å². The molecule has 8 aromatic carbocycles. The number of para-hydroxylation sites is 4. The Labute approximate surface area is 334 Å². The van der Waals surface area contributed by atoms with Crippen LogP contribution in [0.5, 0.6) is 0 Å². The average Bonchev–Trinajstić information content (AvgIpc) is 4.02. The second kappa shape index (κ2) is 11.7. The summed E-state index contributed by atoms with van der Waals surface area (Å²) in [5.41, 5.74) is 11.2. The number of hydrogen-bond donors (Lipinski definition) is 0. The standard InChI is InChI=1S/C51H27ClN4O2/c52-31-21-23-35-37-15-9-17-39(48(37)58-45(35)27-31)51-54-49(28-10-2-1-3-11-28)53-50(55-51)38-16-8-14-36-34-22-20-29(26-44(34)57-47(36)38)30-24-40-32-12-4-6-18-42(32)56-43-19-7-5-13-33(43)41(25-30)46(40)56/h1-27H. The second-order valence-corrected chi connectivity index (χ2v) is 15.3. The SMILES string of the molecule is Clc1ccc2c(c1)oc1c(-c3nc(-c4ccccc4)nc(-c4cccc5c4oc4cc(-c6cc7c8ccccc8n8c9ccccc9c(c6)c78)ccc45)n3)cccc12. The van der Waals surface area contributed by atoms with Crippen molar-refractivity contribution in [2.45, 2.75) is 0 Å². The lowest BCUT2D eigenvalue weighted by atomic mass is 9.98. The molecule has 5 heterocycles. The number of nitrogens with zero attached hydrogens (tertiary/aromatic N) is 4. The van der Waals surface area contributed by atoms with E-state index in [0.29, 0.717) is 39.2 Å². The van der Waals surface area contributed by atoms with Gasteiger partial charge in [0.15, 0.2) is 17.5 Å². The Hall–Kier alpha value is -7.54. The Morgan fingerprint density at radius 2 is 0.914 bits per heavy atom. The molecule has 5 aromatic heterocycles. The minimum Gasteiger partial charge on any atom is -0.455 e. The molecule has 0 spiro atoms. The molecule has 13 rings (SSSR count). The quantitative estimate of drug-likeness (QED) is 0.179. The maximum Gasteiger partial charge on any atom is 0.167 e. The fourth-order valence-corrected chi connectivity index (χ4v) is 9.21. The Morgan fingerprint density at radius 1 is 0.379 bits per heavy atom. The van der Waals surface area contributed by atoms with Crippen molar-refractivity contribution in [3.63, 3.8) is 0 Å². The molecule has 0 N–H and O–H groups in total. The number of fused-ring (bicyclic) bond motifs is 12. The largest absolute Gasteiger partial charge is 0.455 e. The van der Waals surface area contributed by atoms with Crippen LogP contribution in [-0.2, 0) is 0 Å². The zero-order chi connectivity index (χ0) is 38.1. The number of halogens is 1. The molecule has 0 saturated heterocycles. The molecule has 0 unspecified atom stereocenters. The average molecular weight is 763 g/mol. The van der Waals surface area contributed by atoms with Crippen molar-refractivity contribution >= 4 is 93.6 Å². The Balaban J connectivity index is 1.00. The maximum absolute atomic E-state index is 6.84. The monoisotopic (exact) mass is 762 g/mol. The lowest BCUT2D eigenvalue weighted by molar-refractivity contribution is 0.669. The minimum atomic E-state index is 0.501. The number of furan rings is 2. The van der Waals surface area contributed by atoms with Crippen LogP contribution in [0.25, 0.3) is 127 Å². The third kappa shape index (κ3) is 4.46. The van der Waals surface area contributed by atoms with E-state index in [4.69, 9.17) is 35.4 Å². The molecule has 13 aromatic rings. The second-order valence-electron chi connectivity index (χ2n) is 14.9. The topological polar surface area (TPSA) is 69.4 Å². The van der Waals surface area contributed by atoms with Gasteiger partial charge in [-0.05, 0) is 71.8 Å². The molecule has 0 amide bonds. The highest BCUT2D eigenvalue weighted by Gasteiger charge is 2.22. The molecule has 0 aliphatic heterocycles. The van der Waals surface area contributed by atoms with E-state index in [0.717, 1.165) is 54.9 Å². The zero-order valence-electron chi connectivity index (χ0n) is 30.6. The van der Waals surface area contributed by atoms with Crippen LogP contribution in [0.15, 0.2) is 173 Å². The van der Waals surface area contributed by atoms with Crippen molar-refractivity contribution in [2.75, 3.05) is 0 Å². The van der Waals surface area contributed by atoms with Gasteiger partial charge in [0.2, 0.25) is 0 Å². The van der Waals surface area contributed by atoms with Crippen LogP contribution in [0.4, 0.5) is 0 Å². The fourth-order valence-electron chi connectivity index (χ4n) is 9.05. The van der Waals surface area contributed by atoms with Gasteiger partial charge in [0.05, 0.1) is 27.7 Å². The summed E-state index contributed by atoms with van der Waals surface area (Å²) in [4.78, 5) is 15.3. The van der Waals surface area contributed by atoms with E-state index in [1.54, 1.807) is 0 Å². The Morgan fingerprint density at radius 3 is 1.55 bits per heavy atom. The summed E-state index contributed by atoms with van der Waals surface area (Å²) in [6.07, 6.45) is 0. The van der Waals surface area contributed by atoms with E-state index >= 15 is 0 Å². The molecule has 6 nitrogen and oxygen atoms in total. The molecule has 0 bridgehead atoms. The van der Waals surface area contributed by atoms with E-state index in [-0.39, 0.29) is 0 Å². The Kier molecular flexibility index (Phi) is 6.41. The molecule has 0 radical (unpaired) electrons. The number of rotatable bonds is 4. The van der Waals surface area contributed by atoms with Gasteiger partial charge < -0.3 is 13.2 Å². The van der Waals surface area contributed by atoms with Crippen LogP contribution in [-0.4, -0.2) is 19.4 Å². The summed E-state index contributed by atoms with van der Waals surface area (Å²) in [6.45, 7) is 0. The van der Waals surface area contributed by atoms with Gasteiger partial charge in [-0.3, -0.25) is 0 Å². The van der Waals surface area contributed by atoms with Crippen molar-refractivity contribution < 1.29 is 8.83 Å². The molecule has 0 atom stereocenters. The molecule has 0 fully saturated rings. The van der Waals surface area contributed by atoms with Crippen LogP contribution in [0, 0.1) is 0 Å². The van der Waals surface area contributed by atoms with Gasteiger partial charge >= 0.3 is 0 Å². The summed E-state index contributed by atoms with van der Waals surface area (Å²) in [6, 6.07) is 56.4. The molecule has 0 aliphatic rings. The summed E-state index contributed by atoms with van der Waals surface area (Å²) in [7, 11) is 0. The molecular formula is C51H27ClN4O2. The van der Waals surface area contributed by atoms with Gasteiger partial charge in [0.1, 0.15) is 22.3 Å². The van der Waals surface area contributed by atoms with Gasteiger partial charge in [-0.15, -0.1) is 0 Å². The minimum absolute atomic E-state index is 0.501.